The fourth-order valence-electron chi connectivity index (χ4n) is 2.77. The van der Waals surface area contributed by atoms with Gasteiger partial charge in [0.1, 0.15) is 6.61 Å². The summed E-state index contributed by atoms with van der Waals surface area (Å²) in [6.07, 6.45) is -0.325. The molecule has 0 bridgehead atoms. The lowest BCUT2D eigenvalue weighted by Gasteiger charge is -2.34. The van der Waals surface area contributed by atoms with Crippen molar-refractivity contribution in [1.82, 2.24) is 15.1 Å². The maximum Gasteiger partial charge on any atom is 0.411 e. The minimum atomic E-state index is -4.26. The normalized spacial score (nSPS) is 19.0. The van der Waals surface area contributed by atoms with Gasteiger partial charge < -0.3 is 19.7 Å². The van der Waals surface area contributed by atoms with E-state index >= 15 is 0 Å². The number of hydrogen-bond donors (Lipinski definition) is 1. The Morgan fingerprint density at radius 3 is 2.38 bits per heavy atom. The Hall–Kier alpha value is -1.06. The highest BCUT2D eigenvalue weighted by molar-refractivity contribution is 5.74. The molecule has 0 aromatic rings. The lowest BCUT2D eigenvalue weighted by Crippen LogP contribution is -2.52. The summed E-state index contributed by atoms with van der Waals surface area (Å²) in [6.45, 7) is 4.47. The zero-order valence-corrected chi connectivity index (χ0v) is 15.2. The van der Waals surface area contributed by atoms with Crippen molar-refractivity contribution in [2.45, 2.75) is 31.9 Å². The first-order chi connectivity index (χ1) is 12.4. The number of hydrogen-bond acceptors (Lipinski definition) is 4. The summed E-state index contributed by atoms with van der Waals surface area (Å²) in [5.41, 5.74) is 0. The van der Waals surface area contributed by atoms with Crippen molar-refractivity contribution in [3.8, 4) is 0 Å². The number of rotatable bonds is 11. The van der Waals surface area contributed by atoms with Crippen molar-refractivity contribution in [2.24, 2.45) is 5.92 Å². The van der Waals surface area contributed by atoms with E-state index in [4.69, 9.17) is 4.74 Å². The molecule has 1 saturated heterocycles. The van der Waals surface area contributed by atoms with Gasteiger partial charge in [0.05, 0.1) is 0 Å². The van der Waals surface area contributed by atoms with Crippen molar-refractivity contribution in [1.29, 1.82) is 0 Å². The summed E-state index contributed by atoms with van der Waals surface area (Å²) in [5.74, 6) is 0.761. The number of amides is 2. The van der Waals surface area contributed by atoms with Gasteiger partial charge in [-0.3, -0.25) is 4.90 Å². The second kappa shape index (κ2) is 10.9. The third kappa shape index (κ3) is 9.59. The molecule has 6 nitrogen and oxygen atoms in total. The fraction of sp³-hybridized carbons (Fsp3) is 0.941. The number of urea groups is 1. The van der Waals surface area contributed by atoms with Crippen LogP contribution in [0.4, 0.5) is 18.0 Å². The predicted octanol–water partition coefficient (Wildman–Crippen LogP) is 2.10. The third-order valence-electron chi connectivity index (χ3n) is 4.48. The van der Waals surface area contributed by atoms with E-state index < -0.39 is 12.8 Å². The second-order valence-corrected chi connectivity index (χ2v) is 6.95. The molecule has 1 aliphatic heterocycles. The Labute approximate surface area is 153 Å². The molecule has 1 aliphatic carbocycles. The van der Waals surface area contributed by atoms with Crippen LogP contribution in [-0.2, 0) is 9.47 Å². The van der Waals surface area contributed by atoms with Gasteiger partial charge in [-0.2, -0.15) is 13.2 Å². The summed E-state index contributed by atoms with van der Waals surface area (Å²) in [5, 5.41) is 2.91. The van der Waals surface area contributed by atoms with Gasteiger partial charge in [0.25, 0.3) is 0 Å². The molecule has 0 atom stereocenters. The number of alkyl halides is 3. The van der Waals surface area contributed by atoms with Crippen LogP contribution in [0.5, 0.6) is 0 Å². The lowest BCUT2D eigenvalue weighted by atomic mass is 10.3. The third-order valence-corrected chi connectivity index (χ3v) is 4.48. The summed E-state index contributed by atoms with van der Waals surface area (Å²) >= 11 is 0. The Morgan fingerprint density at radius 1 is 1.04 bits per heavy atom. The fourth-order valence-corrected chi connectivity index (χ4v) is 2.77. The van der Waals surface area contributed by atoms with E-state index in [9.17, 15) is 18.0 Å². The molecule has 0 spiro atoms. The molecule has 0 aromatic carbocycles. The van der Waals surface area contributed by atoms with Gasteiger partial charge in [0.15, 0.2) is 0 Å². The first-order valence-electron chi connectivity index (χ1n) is 9.41. The molecule has 1 saturated carbocycles. The van der Waals surface area contributed by atoms with Crippen molar-refractivity contribution in [3.05, 3.63) is 0 Å². The van der Waals surface area contributed by atoms with Crippen molar-refractivity contribution in [2.75, 3.05) is 65.7 Å². The quantitative estimate of drug-likeness (QED) is 0.557. The molecule has 1 heterocycles. The summed E-state index contributed by atoms with van der Waals surface area (Å²) in [4.78, 5) is 16.0. The SMILES string of the molecule is O=C(NCCCOCC1CC1)N1CCN(CCCOCC(F)(F)F)CC1. The maximum atomic E-state index is 12.1. The Morgan fingerprint density at radius 2 is 1.73 bits per heavy atom. The molecule has 2 aliphatic rings. The monoisotopic (exact) mass is 381 g/mol. The van der Waals surface area contributed by atoms with Crippen LogP contribution in [0, 0.1) is 5.92 Å². The van der Waals surface area contributed by atoms with Crippen LogP contribution in [-0.4, -0.2) is 87.7 Å². The smallest absolute Gasteiger partial charge is 0.381 e. The van der Waals surface area contributed by atoms with Crippen LogP contribution in [0.1, 0.15) is 25.7 Å². The van der Waals surface area contributed by atoms with Gasteiger partial charge in [-0.15, -0.1) is 0 Å². The molecule has 0 unspecified atom stereocenters. The number of nitrogens with zero attached hydrogens (tertiary/aromatic N) is 2. The molecule has 26 heavy (non-hydrogen) atoms. The van der Waals surface area contributed by atoms with E-state index in [0.29, 0.717) is 39.2 Å². The van der Waals surface area contributed by atoms with Gasteiger partial charge in [0, 0.05) is 59.1 Å². The minimum Gasteiger partial charge on any atom is -0.381 e. The first kappa shape index (κ1) is 21.2. The average molecular weight is 381 g/mol. The summed E-state index contributed by atoms with van der Waals surface area (Å²) in [7, 11) is 0. The molecule has 0 radical (unpaired) electrons. The van der Waals surface area contributed by atoms with Crippen LogP contribution in [0.25, 0.3) is 0 Å². The van der Waals surface area contributed by atoms with Gasteiger partial charge in [-0.1, -0.05) is 0 Å². The minimum absolute atomic E-state index is 0.0552. The maximum absolute atomic E-state index is 12.1. The number of carbonyl (C=O) groups is 1. The number of nitrogens with one attached hydrogen (secondary N) is 1. The standard InChI is InChI=1S/C17H30F3N3O3/c18-17(19,20)14-26-12-2-6-22-7-9-23(10-8-22)16(24)21-5-1-11-25-13-15-3-4-15/h15H,1-14H2,(H,21,24). The van der Waals surface area contributed by atoms with E-state index in [2.05, 4.69) is 15.0 Å². The topological polar surface area (TPSA) is 54.0 Å². The van der Waals surface area contributed by atoms with Gasteiger partial charge in [-0.25, -0.2) is 4.79 Å². The molecule has 2 fully saturated rings. The van der Waals surface area contributed by atoms with Crippen molar-refractivity contribution >= 4 is 6.03 Å². The molecule has 2 rings (SSSR count). The molecule has 0 aromatic heterocycles. The van der Waals surface area contributed by atoms with E-state index in [0.717, 1.165) is 32.0 Å². The van der Waals surface area contributed by atoms with Crippen LogP contribution in [0.15, 0.2) is 0 Å². The highest BCUT2D eigenvalue weighted by Crippen LogP contribution is 2.28. The molecule has 9 heteroatoms. The number of ether oxygens (including phenoxy) is 2. The molecular formula is C17H30F3N3O3. The number of piperazine rings is 1. The van der Waals surface area contributed by atoms with Gasteiger partial charge >= 0.3 is 12.2 Å². The number of halogens is 3. The highest BCUT2D eigenvalue weighted by atomic mass is 19.4. The zero-order valence-electron chi connectivity index (χ0n) is 15.2. The summed E-state index contributed by atoms with van der Waals surface area (Å²) < 4.78 is 46.0. The highest BCUT2D eigenvalue weighted by Gasteiger charge is 2.27. The lowest BCUT2D eigenvalue weighted by molar-refractivity contribution is -0.174. The molecule has 2 amide bonds. The molecule has 152 valence electrons. The van der Waals surface area contributed by atoms with E-state index in [1.54, 1.807) is 4.90 Å². The van der Waals surface area contributed by atoms with Crippen LogP contribution >= 0.6 is 0 Å². The van der Waals surface area contributed by atoms with Gasteiger partial charge in [-0.05, 0) is 31.6 Å². The van der Waals surface area contributed by atoms with E-state index in [1.807, 2.05) is 0 Å². The predicted molar refractivity (Wildman–Crippen MR) is 91.1 cm³/mol. The molecule has 1 N–H and O–H groups in total. The first-order valence-corrected chi connectivity index (χ1v) is 9.41. The van der Waals surface area contributed by atoms with Crippen molar-refractivity contribution in [3.63, 3.8) is 0 Å². The molecular weight excluding hydrogens is 351 g/mol. The van der Waals surface area contributed by atoms with Crippen LogP contribution in [0.2, 0.25) is 0 Å². The zero-order chi connectivity index (χ0) is 18.8. The number of carbonyl (C=O) groups excluding carboxylic acids is 1. The summed E-state index contributed by atoms with van der Waals surface area (Å²) in [6, 6.07) is -0.0552. The van der Waals surface area contributed by atoms with Crippen LogP contribution in [0.3, 0.4) is 0 Å². The largest absolute Gasteiger partial charge is 0.411 e. The second-order valence-electron chi connectivity index (χ2n) is 6.95. The Bertz CT molecular complexity index is 412. The Kier molecular flexibility index (Phi) is 8.94. The van der Waals surface area contributed by atoms with E-state index in [-0.39, 0.29) is 12.6 Å². The van der Waals surface area contributed by atoms with E-state index in [1.165, 1.54) is 12.8 Å². The Balaban J connectivity index is 1.43. The van der Waals surface area contributed by atoms with Gasteiger partial charge in [0.2, 0.25) is 0 Å². The van der Waals surface area contributed by atoms with Crippen molar-refractivity contribution < 1.29 is 27.4 Å². The van der Waals surface area contributed by atoms with Crippen LogP contribution < -0.4 is 5.32 Å². The average Bonchev–Trinajstić information content (AvgIpc) is 3.41.